The van der Waals surface area contributed by atoms with Crippen LogP contribution >= 0.6 is 0 Å². The van der Waals surface area contributed by atoms with Crippen LogP contribution in [0.25, 0.3) is 0 Å². The van der Waals surface area contributed by atoms with E-state index in [-0.39, 0.29) is 22.6 Å². The summed E-state index contributed by atoms with van der Waals surface area (Å²) in [5.41, 5.74) is 16.8. The van der Waals surface area contributed by atoms with Crippen molar-refractivity contribution in [2.45, 2.75) is 56.8 Å². The molecule has 0 bridgehead atoms. The Kier molecular flexibility index (Phi) is 11.4. The number of carbonyl (C=O) groups is 2. The van der Waals surface area contributed by atoms with E-state index in [4.69, 9.17) is 11.5 Å². The van der Waals surface area contributed by atoms with Gasteiger partial charge in [0, 0.05) is 52.6 Å². The van der Waals surface area contributed by atoms with Gasteiger partial charge in [-0.2, -0.15) is 0 Å². The summed E-state index contributed by atoms with van der Waals surface area (Å²) in [6.45, 7) is 5.49. The van der Waals surface area contributed by atoms with Crippen LogP contribution in [-0.2, 0) is 15.0 Å². The van der Waals surface area contributed by atoms with Crippen LogP contribution < -0.4 is 22.1 Å². The number of nitro benzene ring substituents is 1. The van der Waals surface area contributed by atoms with Crippen molar-refractivity contribution in [2.75, 3.05) is 32.7 Å². The zero-order valence-corrected chi connectivity index (χ0v) is 27.6. The number of hydrogen-bond acceptors (Lipinski definition) is 7. The third kappa shape index (κ3) is 7.67. The Morgan fingerprint density at radius 1 is 0.917 bits per heavy atom. The molecule has 10 nitrogen and oxygen atoms in total. The lowest BCUT2D eigenvalue weighted by atomic mass is 9.68. The zero-order chi connectivity index (χ0) is 34.1. The molecule has 5 rings (SSSR count). The van der Waals surface area contributed by atoms with E-state index in [9.17, 15) is 19.7 Å². The molecule has 1 fully saturated rings. The van der Waals surface area contributed by atoms with Crippen LogP contribution in [0.2, 0.25) is 0 Å². The second-order valence-electron chi connectivity index (χ2n) is 12.7. The van der Waals surface area contributed by atoms with Gasteiger partial charge in [-0.05, 0) is 88.3 Å². The number of allylic oxidation sites excluding steroid dienone is 2. The van der Waals surface area contributed by atoms with Crippen LogP contribution in [0.1, 0.15) is 68.1 Å². The predicted molar refractivity (Wildman–Crippen MR) is 188 cm³/mol. The van der Waals surface area contributed by atoms with Gasteiger partial charge in [0.15, 0.2) is 0 Å². The highest BCUT2D eigenvalue weighted by atomic mass is 16.6. The molecule has 48 heavy (non-hydrogen) atoms. The number of hydrogen-bond donors (Lipinski definition) is 4. The summed E-state index contributed by atoms with van der Waals surface area (Å²) >= 11 is 0. The Hall–Kier alpha value is -4.80. The number of primary amides is 1. The maximum Gasteiger partial charge on any atom is 0.269 e. The maximum absolute atomic E-state index is 14.0. The van der Waals surface area contributed by atoms with E-state index < -0.39 is 16.7 Å². The van der Waals surface area contributed by atoms with Gasteiger partial charge < -0.3 is 27.0 Å². The second-order valence-corrected chi connectivity index (χ2v) is 12.7. The molecule has 0 spiro atoms. The SMILES string of the molecule is CC1=C(C(N)=O)C(c2ccc([N+](=O)[O-])cc2)C(C(=O)NCCCN2CCC(c3ccccc3)(c3ccccc3)CC2)=C(CCCCN)N1. The lowest BCUT2D eigenvalue weighted by Crippen LogP contribution is -2.44. The number of unbranched alkanes of at least 4 members (excludes halogenated alkanes) is 1. The molecule has 2 aliphatic rings. The van der Waals surface area contributed by atoms with Crippen LogP contribution in [0.15, 0.2) is 107 Å². The lowest BCUT2D eigenvalue weighted by molar-refractivity contribution is -0.384. The quantitative estimate of drug-likeness (QED) is 0.109. The van der Waals surface area contributed by atoms with Crippen LogP contribution in [0, 0.1) is 10.1 Å². The number of nitrogens with one attached hydrogen (secondary N) is 2. The summed E-state index contributed by atoms with van der Waals surface area (Å²) in [7, 11) is 0. The number of piperidine rings is 1. The first-order valence-electron chi connectivity index (χ1n) is 16.8. The summed E-state index contributed by atoms with van der Waals surface area (Å²) in [5, 5.41) is 17.7. The molecule has 6 N–H and O–H groups in total. The summed E-state index contributed by atoms with van der Waals surface area (Å²) in [6, 6.07) is 27.5. The Labute approximate surface area is 282 Å². The molecule has 3 aromatic rings. The standard InChI is InChI=1S/C38H46N6O4/c1-27-33(36(40)45)34(28-16-18-31(19-17-28)44(47)48)35(32(42-27)15-8-9-22-39)37(46)41-23-10-24-43-25-20-38(21-26-43,29-11-4-2-5-12-29)30-13-6-3-7-14-30/h2-7,11-14,16-19,34,42H,8-10,15,20-26,39H2,1H3,(H2,40,45)(H,41,46). The van der Waals surface area contributed by atoms with Crippen molar-refractivity contribution in [1.29, 1.82) is 0 Å². The van der Waals surface area contributed by atoms with Crippen LogP contribution in [-0.4, -0.2) is 54.4 Å². The van der Waals surface area contributed by atoms with Crippen molar-refractivity contribution in [2.24, 2.45) is 11.5 Å². The molecular formula is C38H46N6O4. The summed E-state index contributed by atoms with van der Waals surface area (Å²) in [6.07, 6.45) is 4.88. The molecule has 252 valence electrons. The Bertz CT molecular complexity index is 1600. The molecule has 0 aromatic heterocycles. The molecule has 0 saturated carbocycles. The number of carbonyl (C=O) groups excluding carboxylic acids is 2. The van der Waals surface area contributed by atoms with E-state index in [1.807, 2.05) is 0 Å². The second kappa shape index (κ2) is 15.9. The molecule has 1 atom stereocenters. The molecule has 10 heteroatoms. The predicted octanol–water partition coefficient (Wildman–Crippen LogP) is 5.01. The third-order valence-corrected chi connectivity index (χ3v) is 9.77. The largest absolute Gasteiger partial charge is 0.366 e. The number of dihydropyridines is 1. The highest BCUT2D eigenvalue weighted by Gasteiger charge is 2.38. The first-order valence-corrected chi connectivity index (χ1v) is 16.8. The van der Waals surface area contributed by atoms with E-state index in [2.05, 4.69) is 76.2 Å². The van der Waals surface area contributed by atoms with Gasteiger partial charge in [-0.3, -0.25) is 19.7 Å². The molecule has 1 unspecified atom stereocenters. The maximum atomic E-state index is 14.0. The minimum atomic E-state index is -0.761. The van der Waals surface area contributed by atoms with Crippen molar-refractivity contribution >= 4 is 17.5 Å². The van der Waals surface area contributed by atoms with Crippen molar-refractivity contribution in [3.63, 3.8) is 0 Å². The molecule has 0 aliphatic carbocycles. The van der Waals surface area contributed by atoms with E-state index in [0.29, 0.717) is 42.0 Å². The number of nitrogens with zero attached hydrogens (tertiary/aromatic N) is 2. The van der Waals surface area contributed by atoms with E-state index >= 15 is 0 Å². The minimum Gasteiger partial charge on any atom is -0.366 e. The molecular weight excluding hydrogens is 604 g/mol. The fraction of sp³-hybridized carbons (Fsp3) is 0.368. The van der Waals surface area contributed by atoms with Gasteiger partial charge in [-0.15, -0.1) is 0 Å². The summed E-state index contributed by atoms with van der Waals surface area (Å²) in [5.74, 6) is -1.70. The lowest BCUT2D eigenvalue weighted by Gasteiger charge is -2.43. The van der Waals surface area contributed by atoms with Gasteiger partial charge in [0.25, 0.3) is 5.69 Å². The number of benzene rings is 3. The molecule has 2 amide bonds. The molecule has 0 radical (unpaired) electrons. The number of amides is 2. The fourth-order valence-electron chi connectivity index (χ4n) is 7.27. The minimum absolute atomic E-state index is 0.0232. The van der Waals surface area contributed by atoms with Gasteiger partial charge in [-0.1, -0.05) is 72.8 Å². The van der Waals surface area contributed by atoms with E-state index in [0.717, 1.165) is 51.7 Å². The summed E-state index contributed by atoms with van der Waals surface area (Å²) in [4.78, 5) is 40.1. The Balaban J connectivity index is 1.28. The number of nitro groups is 1. The molecule has 2 heterocycles. The van der Waals surface area contributed by atoms with Crippen molar-refractivity contribution in [3.8, 4) is 0 Å². The normalized spacial score (nSPS) is 17.9. The van der Waals surface area contributed by atoms with Gasteiger partial charge in [0.1, 0.15) is 0 Å². The van der Waals surface area contributed by atoms with Crippen LogP contribution in [0.4, 0.5) is 5.69 Å². The average molecular weight is 651 g/mol. The van der Waals surface area contributed by atoms with Gasteiger partial charge in [-0.25, -0.2) is 0 Å². The number of nitrogens with two attached hydrogens (primary N) is 2. The average Bonchev–Trinajstić information content (AvgIpc) is 3.10. The third-order valence-electron chi connectivity index (χ3n) is 9.77. The molecule has 2 aliphatic heterocycles. The number of likely N-dealkylation sites (tertiary alicyclic amines) is 1. The first-order chi connectivity index (χ1) is 23.2. The van der Waals surface area contributed by atoms with Crippen molar-refractivity contribution < 1.29 is 14.5 Å². The van der Waals surface area contributed by atoms with Crippen LogP contribution in [0.3, 0.4) is 0 Å². The van der Waals surface area contributed by atoms with Crippen LogP contribution in [0.5, 0.6) is 0 Å². The molecule has 1 saturated heterocycles. The van der Waals surface area contributed by atoms with E-state index in [1.165, 1.54) is 23.3 Å². The Morgan fingerprint density at radius 2 is 1.52 bits per heavy atom. The van der Waals surface area contributed by atoms with Gasteiger partial charge in [0.2, 0.25) is 11.8 Å². The van der Waals surface area contributed by atoms with Gasteiger partial charge in [0.05, 0.1) is 4.92 Å². The number of non-ortho nitro benzene ring substituents is 1. The van der Waals surface area contributed by atoms with E-state index in [1.54, 1.807) is 19.1 Å². The zero-order valence-electron chi connectivity index (χ0n) is 27.6. The Morgan fingerprint density at radius 3 is 2.06 bits per heavy atom. The van der Waals surface area contributed by atoms with Gasteiger partial charge >= 0.3 is 0 Å². The number of rotatable bonds is 14. The highest BCUT2D eigenvalue weighted by molar-refractivity contribution is 6.03. The summed E-state index contributed by atoms with van der Waals surface area (Å²) < 4.78 is 0. The highest BCUT2D eigenvalue weighted by Crippen LogP contribution is 2.42. The molecule has 3 aromatic carbocycles. The topological polar surface area (TPSA) is 157 Å². The van der Waals surface area contributed by atoms with Crippen molar-refractivity contribution in [3.05, 3.63) is 134 Å². The fourth-order valence-corrected chi connectivity index (χ4v) is 7.27. The van der Waals surface area contributed by atoms with Crippen molar-refractivity contribution in [1.82, 2.24) is 15.5 Å². The first kappa shape index (κ1) is 34.5. The smallest absolute Gasteiger partial charge is 0.269 e. The monoisotopic (exact) mass is 650 g/mol.